The summed E-state index contributed by atoms with van der Waals surface area (Å²) < 4.78 is 18.6. The fraction of sp³-hybridized carbons (Fsp3) is 0.400. The molecule has 1 aliphatic rings. The molecule has 1 aromatic carbocycles. The summed E-state index contributed by atoms with van der Waals surface area (Å²) in [6.45, 7) is 4.17. The lowest BCUT2D eigenvalue weighted by molar-refractivity contribution is -0.0167. The Morgan fingerprint density at radius 3 is 3.00 bits per heavy atom. The highest BCUT2D eigenvalue weighted by molar-refractivity contribution is 5.53. The molecule has 2 rings (SSSR count). The van der Waals surface area contributed by atoms with Gasteiger partial charge in [0, 0.05) is 11.3 Å². The van der Waals surface area contributed by atoms with Crippen molar-refractivity contribution in [3.8, 4) is 0 Å². The third kappa shape index (κ3) is 1.52. The number of hydrogen-bond donors (Lipinski definition) is 1. The number of nitrogens with one attached hydrogen (secondary N) is 1. The van der Waals surface area contributed by atoms with Gasteiger partial charge in [-0.15, -0.1) is 0 Å². The molecule has 0 saturated heterocycles. The van der Waals surface area contributed by atoms with Crippen LogP contribution in [0.15, 0.2) is 18.2 Å². The first-order chi connectivity index (χ1) is 6.08. The maximum Gasteiger partial charge on any atom is 0.133 e. The van der Waals surface area contributed by atoms with E-state index in [1.807, 2.05) is 19.9 Å². The van der Waals surface area contributed by atoms with Gasteiger partial charge in [-0.25, -0.2) is 4.39 Å². The molecule has 0 aliphatic carbocycles. The Bertz CT molecular complexity index is 336. The third-order valence-electron chi connectivity index (χ3n) is 2.13. The second-order valence-electron chi connectivity index (χ2n) is 3.69. The summed E-state index contributed by atoms with van der Waals surface area (Å²) in [4.78, 5) is 0. The van der Waals surface area contributed by atoms with Gasteiger partial charge in [0.25, 0.3) is 0 Å². The number of benzene rings is 1. The zero-order chi connectivity index (χ0) is 9.47. The molecule has 0 radical (unpaired) electrons. The van der Waals surface area contributed by atoms with Gasteiger partial charge in [0.2, 0.25) is 0 Å². The van der Waals surface area contributed by atoms with Crippen LogP contribution in [0.1, 0.15) is 19.4 Å². The van der Waals surface area contributed by atoms with Crippen LogP contribution in [0.2, 0.25) is 0 Å². The van der Waals surface area contributed by atoms with Crippen LogP contribution in [-0.2, 0) is 11.3 Å². The van der Waals surface area contributed by atoms with Crippen molar-refractivity contribution in [3.63, 3.8) is 0 Å². The van der Waals surface area contributed by atoms with Crippen LogP contribution < -0.4 is 5.32 Å². The highest BCUT2D eigenvalue weighted by atomic mass is 19.1. The largest absolute Gasteiger partial charge is 0.358 e. The van der Waals surface area contributed by atoms with Gasteiger partial charge in [0.15, 0.2) is 0 Å². The van der Waals surface area contributed by atoms with Crippen molar-refractivity contribution < 1.29 is 9.13 Å². The number of rotatable bonds is 0. The molecule has 1 N–H and O–H groups in total. The van der Waals surface area contributed by atoms with Crippen LogP contribution in [0.3, 0.4) is 0 Å². The lowest BCUT2D eigenvalue weighted by atomic mass is 10.1. The molecule has 1 aromatic rings. The SMILES string of the molecule is CC1(C)Nc2cccc(F)c2CO1. The molecule has 2 nitrogen and oxygen atoms in total. The number of hydrogen-bond acceptors (Lipinski definition) is 2. The summed E-state index contributed by atoms with van der Waals surface area (Å²) in [5, 5.41) is 3.11. The molecule has 70 valence electrons. The molecule has 13 heavy (non-hydrogen) atoms. The van der Waals surface area contributed by atoms with Gasteiger partial charge in [-0.1, -0.05) is 6.07 Å². The van der Waals surface area contributed by atoms with Gasteiger partial charge >= 0.3 is 0 Å². The summed E-state index contributed by atoms with van der Waals surface area (Å²) >= 11 is 0. The van der Waals surface area contributed by atoms with E-state index in [0.29, 0.717) is 12.2 Å². The topological polar surface area (TPSA) is 21.3 Å². The second-order valence-corrected chi connectivity index (χ2v) is 3.69. The summed E-state index contributed by atoms with van der Waals surface area (Å²) in [5.41, 5.74) is 1.04. The molecule has 0 aromatic heterocycles. The summed E-state index contributed by atoms with van der Waals surface area (Å²) in [6.07, 6.45) is 0. The van der Waals surface area contributed by atoms with Crippen LogP contribution >= 0.6 is 0 Å². The van der Waals surface area contributed by atoms with Crippen molar-refractivity contribution in [2.24, 2.45) is 0 Å². The van der Waals surface area contributed by atoms with Crippen LogP contribution in [0.25, 0.3) is 0 Å². The average Bonchev–Trinajstić information content (AvgIpc) is 2.02. The Labute approximate surface area is 76.7 Å². The molecule has 0 atom stereocenters. The molecule has 0 unspecified atom stereocenters. The summed E-state index contributed by atoms with van der Waals surface area (Å²) in [6, 6.07) is 5.01. The van der Waals surface area contributed by atoms with Gasteiger partial charge < -0.3 is 10.1 Å². The molecule has 3 heteroatoms. The molecule has 0 fully saturated rings. The van der Waals surface area contributed by atoms with Gasteiger partial charge in [-0.05, 0) is 26.0 Å². The number of ether oxygens (including phenoxy) is 1. The zero-order valence-electron chi connectivity index (χ0n) is 7.73. The Kier molecular flexibility index (Phi) is 1.77. The van der Waals surface area contributed by atoms with Crippen molar-refractivity contribution >= 4 is 5.69 Å². The quantitative estimate of drug-likeness (QED) is 0.664. The van der Waals surface area contributed by atoms with Crippen LogP contribution in [-0.4, -0.2) is 5.72 Å². The van der Waals surface area contributed by atoms with Crippen LogP contribution in [0.5, 0.6) is 0 Å². The molecule has 1 aliphatic heterocycles. The standard InChI is InChI=1S/C10H12FNO/c1-10(2)12-9-5-3-4-8(11)7(9)6-13-10/h3-5,12H,6H2,1-2H3. The fourth-order valence-electron chi connectivity index (χ4n) is 1.44. The minimum Gasteiger partial charge on any atom is -0.358 e. The van der Waals surface area contributed by atoms with Gasteiger partial charge in [0.1, 0.15) is 11.5 Å². The summed E-state index contributed by atoms with van der Waals surface area (Å²) in [5.74, 6) is -0.208. The van der Waals surface area contributed by atoms with Crippen molar-refractivity contribution in [1.82, 2.24) is 0 Å². The van der Waals surface area contributed by atoms with Crippen molar-refractivity contribution in [1.29, 1.82) is 0 Å². The van der Waals surface area contributed by atoms with Crippen molar-refractivity contribution in [3.05, 3.63) is 29.6 Å². The molecular formula is C10H12FNO. The maximum atomic E-state index is 13.2. The predicted molar refractivity (Wildman–Crippen MR) is 48.9 cm³/mol. The van der Waals surface area contributed by atoms with E-state index in [4.69, 9.17) is 4.74 Å². The molecule has 0 saturated carbocycles. The first-order valence-corrected chi connectivity index (χ1v) is 4.28. The highest BCUT2D eigenvalue weighted by Gasteiger charge is 2.25. The van der Waals surface area contributed by atoms with Crippen molar-refractivity contribution in [2.45, 2.75) is 26.2 Å². The fourth-order valence-corrected chi connectivity index (χ4v) is 1.44. The van der Waals surface area contributed by atoms with E-state index in [9.17, 15) is 4.39 Å². The number of fused-ring (bicyclic) bond motifs is 1. The number of halogens is 1. The van der Waals surface area contributed by atoms with E-state index in [1.165, 1.54) is 6.07 Å². The smallest absolute Gasteiger partial charge is 0.133 e. The number of anilines is 1. The maximum absolute atomic E-state index is 13.2. The Hall–Kier alpha value is -1.09. The van der Waals surface area contributed by atoms with E-state index >= 15 is 0 Å². The van der Waals surface area contributed by atoms with Gasteiger partial charge in [-0.2, -0.15) is 0 Å². The second kappa shape index (κ2) is 2.70. The third-order valence-corrected chi connectivity index (χ3v) is 2.13. The average molecular weight is 181 g/mol. The van der Waals surface area contributed by atoms with Crippen LogP contribution in [0.4, 0.5) is 10.1 Å². The Morgan fingerprint density at radius 1 is 1.46 bits per heavy atom. The van der Waals surface area contributed by atoms with Gasteiger partial charge in [0.05, 0.1) is 6.61 Å². The zero-order valence-corrected chi connectivity index (χ0v) is 7.73. The lowest BCUT2D eigenvalue weighted by Crippen LogP contribution is -2.38. The van der Waals surface area contributed by atoms with E-state index < -0.39 is 5.72 Å². The van der Waals surface area contributed by atoms with E-state index in [-0.39, 0.29) is 5.82 Å². The Balaban J connectivity index is 2.42. The molecule has 0 spiro atoms. The van der Waals surface area contributed by atoms with Crippen LogP contribution in [0, 0.1) is 5.82 Å². The molecular weight excluding hydrogens is 169 g/mol. The van der Waals surface area contributed by atoms with Crippen molar-refractivity contribution in [2.75, 3.05) is 5.32 Å². The van der Waals surface area contributed by atoms with E-state index in [2.05, 4.69) is 5.32 Å². The Morgan fingerprint density at radius 2 is 2.23 bits per heavy atom. The highest BCUT2D eigenvalue weighted by Crippen LogP contribution is 2.29. The lowest BCUT2D eigenvalue weighted by Gasteiger charge is -2.33. The minimum atomic E-state index is -0.402. The summed E-state index contributed by atoms with van der Waals surface area (Å²) in [7, 11) is 0. The molecule has 0 amide bonds. The predicted octanol–water partition coefficient (Wildman–Crippen LogP) is 2.50. The molecule has 0 bridgehead atoms. The first kappa shape index (κ1) is 8.51. The van der Waals surface area contributed by atoms with Gasteiger partial charge in [-0.3, -0.25) is 0 Å². The van der Waals surface area contributed by atoms with E-state index in [1.54, 1.807) is 6.07 Å². The van der Waals surface area contributed by atoms with E-state index in [0.717, 1.165) is 5.69 Å². The minimum absolute atomic E-state index is 0.208. The monoisotopic (exact) mass is 181 g/mol. The first-order valence-electron chi connectivity index (χ1n) is 4.28. The molecule has 1 heterocycles. The normalized spacial score (nSPS) is 19.0.